The molecule has 0 aliphatic rings. The molecule has 0 aliphatic heterocycles. The molecule has 0 amide bonds. The molecule has 0 atom stereocenters. The van der Waals surface area contributed by atoms with Crippen molar-refractivity contribution < 1.29 is 13.2 Å². The van der Waals surface area contributed by atoms with E-state index in [1.54, 1.807) is 11.3 Å². The Bertz CT molecular complexity index is 708. The van der Waals surface area contributed by atoms with Gasteiger partial charge in [-0.25, -0.2) is 15.0 Å². The van der Waals surface area contributed by atoms with E-state index in [4.69, 9.17) is 0 Å². The molecule has 0 aliphatic carbocycles. The monoisotopic (exact) mass is 519 g/mol. The van der Waals surface area contributed by atoms with Gasteiger partial charge in [0.25, 0.3) is 0 Å². The summed E-state index contributed by atoms with van der Waals surface area (Å²) >= 11 is 2.63. The Morgan fingerprint density at radius 2 is 1.92 bits per heavy atom. The van der Waals surface area contributed by atoms with Gasteiger partial charge in [-0.3, -0.25) is 0 Å². The predicted octanol–water partition coefficient (Wildman–Crippen LogP) is 4.15. The van der Waals surface area contributed by atoms with Gasteiger partial charge in [0.1, 0.15) is 5.01 Å². The van der Waals surface area contributed by atoms with E-state index < -0.39 is 11.9 Å². The van der Waals surface area contributed by atoms with Gasteiger partial charge in [-0.05, 0) is 20.8 Å². The summed E-state index contributed by atoms with van der Waals surface area (Å²) in [7, 11) is 0. The van der Waals surface area contributed by atoms with Crippen molar-refractivity contribution in [2.75, 3.05) is 13.1 Å². The van der Waals surface area contributed by atoms with E-state index in [2.05, 4.69) is 25.6 Å². The van der Waals surface area contributed by atoms with Crippen molar-refractivity contribution in [3.05, 3.63) is 31.7 Å². The molecule has 146 valence electrons. The van der Waals surface area contributed by atoms with Gasteiger partial charge in [0.05, 0.1) is 17.2 Å². The maximum atomic E-state index is 12.5. The lowest BCUT2D eigenvalue weighted by molar-refractivity contribution is -0.140. The third-order valence-electron chi connectivity index (χ3n) is 3.26. The van der Waals surface area contributed by atoms with Crippen LogP contribution in [-0.2, 0) is 19.1 Å². The molecule has 0 saturated carbocycles. The molecule has 2 heterocycles. The molecule has 5 nitrogen and oxygen atoms in total. The number of aliphatic imine (C=N–C) groups is 1. The van der Waals surface area contributed by atoms with E-state index >= 15 is 0 Å². The van der Waals surface area contributed by atoms with Crippen LogP contribution in [0.25, 0.3) is 0 Å². The predicted molar refractivity (Wildman–Crippen MR) is 111 cm³/mol. The van der Waals surface area contributed by atoms with Crippen LogP contribution < -0.4 is 10.6 Å². The zero-order valence-electron chi connectivity index (χ0n) is 14.6. The minimum Gasteiger partial charge on any atom is -0.357 e. The van der Waals surface area contributed by atoms with Gasteiger partial charge in [-0.15, -0.1) is 46.7 Å². The first kappa shape index (κ1) is 23.1. The van der Waals surface area contributed by atoms with Crippen LogP contribution in [0.3, 0.4) is 0 Å². The molecular weight excluding hydrogens is 498 g/mol. The average Bonchev–Trinajstić information content (AvgIpc) is 3.12. The molecule has 0 spiro atoms. The normalized spacial score (nSPS) is 12.0. The van der Waals surface area contributed by atoms with Crippen LogP contribution in [0, 0.1) is 13.8 Å². The van der Waals surface area contributed by atoms with Crippen molar-refractivity contribution in [3.8, 4) is 0 Å². The second-order valence-corrected chi connectivity index (χ2v) is 7.48. The van der Waals surface area contributed by atoms with Crippen LogP contribution in [0.15, 0.2) is 10.4 Å². The highest BCUT2D eigenvalue weighted by Gasteiger charge is 2.33. The summed E-state index contributed by atoms with van der Waals surface area (Å²) in [5, 5.41) is 8.64. The number of thiazole rings is 2. The maximum absolute atomic E-state index is 12.5. The van der Waals surface area contributed by atoms with E-state index in [0.29, 0.717) is 37.0 Å². The molecule has 0 bridgehead atoms. The Morgan fingerprint density at radius 1 is 1.19 bits per heavy atom. The molecule has 11 heteroatoms. The Labute approximate surface area is 175 Å². The molecule has 2 N–H and O–H groups in total. The number of nitrogens with one attached hydrogen (secondary N) is 2. The van der Waals surface area contributed by atoms with Gasteiger partial charge < -0.3 is 10.6 Å². The molecular formula is C15H21F3IN5S2. The summed E-state index contributed by atoms with van der Waals surface area (Å²) in [5.74, 6) is 0.612. The van der Waals surface area contributed by atoms with Crippen molar-refractivity contribution in [1.82, 2.24) is 20.6 Å². The first-order chi connectivity index (χ1) is 11.8. The van der Waals surface area contributed by atoms with Crippen LogP contribution in [0.4, 0.5) is 13.2 Å². The number of aromatic nitrogens is 2. The molecule has 26 heavy (non-hydrogen) atoms. The fourth-order valence-electron chi connectivity index (χ4n) is 1.94. The van der Waals surface area contributed by atoms with Crippen LogP contribution >= 0.6 is 46.7 Å². The third-order valence-corrected chi connectivity index (χ3v) is 5.23. The summed E-state index contributed by atoms with van der Waals surface area (Å²) in [6.45, 7) is 7.54. The molecule has 0 radical (unpaired) electrons. The highest BCUT2D eigenvalue weighted by atomic mass is 127. The maximum Gasteiger partial charge on any atom is 0.434 e. The summed E-state index contributed by atoms with van der Waals surface area (Å²) in [4.78, 5) is 13.7. The molecule has 2 rings (SSSR count). The lowest BCUT2D eigenvalue weighted by atomic mass is 10.4. The summed E-state index contributed by atoms with van der Waals surface area (Å²) in [6, 6.07) is 0. The largest absolute Gasteiger partial charge is 0.434 e. The fourth-order valence-corrected chi connectivity index (χ4v) is 3.60. The topological polar surface area (TPSA) is 62.2 Å². The number of aryl methyl sites for hydroxylation is 2. The molecule has 0 saturated heterocycles. The zero-order chi connectivity index (χ0) is 18.4. The van der Waals surface area contributed by atoms with Crippen LogP contribution in [0.2, 0.25) is 0 Å². The van der Waals surface area contributed by atoms with E-state index in [1.165, 1.54) is 4.88 Å². The number of nitrogens with zero attached hydrogens (tertiary/aromatic N) is 3. The Kier molecular flexibility index (Phi) is 9.24. The minimum atomic E-state index is -4.39. The lowest BCUT2D eigenvalue weighted by Gasteiger charge is -2.10. The number of guanidine groups is 1. The second kappa shape index (κ2) is 10.4. The molecule has 2 aromatic rings. The van der Waals surface area contributed by atoms with E-state index in [1.807, 2.05) is 20.8 Å². The van der Waals surface area contributed by atoms with Gasteiger partial charge in [-0.1, -0.05) is 0 Å². The zero-order valence-corrected chi connectivity index (χ0v) is 18.6. The fraction of sp³-hybridized carbons (Fsp3) is 0.533. The average molecular weight is 519 g/mol. The number of hydrogen-bond acceptors (Lipinski definition) is 5. The van der Waals surface area contributed by atoms with Crippen molar-refractivity contribution in [2.24, 2.45) is 4.99 Å². The molecule has 0 fully saturated rings. The Morgan fingerprint density at radius 3 is 2.46 bits per heavy atom. The first-order valence-electron chi connectivity index (χ1n) is 7.76. The van der Waals surface area contributed by atoms with Gasteiger partial charge in [0.15, 0.2) is 11.7 Å². The molecule has 0 unspecified atom stereocenters. The first-order valence-corrected chi connectivity index (χ1v) is 9.46. The van der Waals surface area contributed by atoms with Gasteiger partial charge in [0.2, 0.25) is 0 Å². The van der Waals surface area contributed by atoms with Gasteiger partial charge >= 0.3 is 6.18 Å². The molecule has 2 aromatic heterocycles. The lowest BCUT2D eigenvalue weighted by Crippen LogP contribution is -2.38. The smallest absolute Gasteiger partial charge is 0.357 e. The minimum absolute atomic E-state index is 0. The third kappa shape index (κ3) is 6.99. The van der Waals surface area contributed by atoms with Crippen molar-refractivity contribution in [3.63, 3.8) is 0 Å². The molecule has 0 aromatic carbocycles. The number of hydrogen-bond donors (Lipinski definition) is 2. The number of halogens is 4. The number of rotatable bonds is 6. The Balaban J connectivity index is 0.00000338. The van der Waals surface area contributed by atoms with Gasteiger partial charge in [-0.2, -0.15) is 13.2 Å². The van der Waals surface area contributed by atoms with Crippen molar-refractivity contribution in [2.45, 2.75) is 39.9 Å². The quantitative estimate of drug-likeness (QED) is 0.342. The van der Waals surface area contributed by atoms with Crippen molar-refractivity contribution in [1.29, 1.82) is 0 Å². The van der Waals surface area contributed by atoms with E-state index in [0.717, 1.165) is 27.4 Å². The van der Waals surface area contributed by atoms with E-state index in [-0.39, 0.29) is 24.0 Å². The highest BCUT2D eigenvalue weighted by molar-refractivity contribution is 14.0. The summed E-state index contributed by atoms with van der Waals surface area (Å²) < 4.78 is 37.6. The number of alkyl halides is 3. The highest BCUT2D eigenvalue weighted by Crippen LogP contribution is 2.30. The standard InChI is InChI=1S/C15H20F3N5S2.HI/c1-4-19-14(21-7-13-22-9(2)10(3)25-13)20-6-5-12-23-11(8-24-12)15(16,17)18;/h8H,4-7H2,1-3H3,(H2,19,20,21);1H. The van der Waals surface area contributed by atoms with Crippen LogP contribution in [0.1, 0.15) is 33.2 Å². The van der Waals surface area contributed by atoms with Crippen LogP contribution in [0.5, 0.6) is 0 Å². The summed E-state index contributed by atoms with van der Waals surface area (Å²) in [6.07, 6.45) is -3.98. The van der Waals surface area contributed by atoms with Gasteiger partial charge in [0, 0.05) is 29.8 Å². The SMILES string of the molecule is CCNC(=NCc1nc(C)c(C)s1)NCCc1nc(C(F)(F)F)cs1.I. The van der Waals surface area contributed by atoms with Crippen molar-refractivity contribution >= 4 is 52.6 Å². The van der Waals surface area contributed by atoms with Crippen LogP contribution in [-0.4, -0.2) is 29.0 Å². The van der Waals surface area contributed by atoms with E-state index in [9.17, 15) is 13.2 Å². The second-order valence-electron chi connectivity index (χ2n) is 5.25. The summed E-state index contributed by atoms with van der Waals surface area (Å²) in [5.41, 5.74) is 0.181. The Hall–Kier alpha value is -0.950.